The lowest BCUT2D eigenvalue weighted by molar-refractivity contribution is 0.133. The Kier molecular flexibility index (Phi) is 6.05. The molecule has 2 rings (SSSR count). The van der Waals surface area contributed by atoms with Gasteiger partial charge in [0.25, 0.3) is 0 Å². The van der Waals surface area contributed by atoms with Crippen LogP contribution < -0.4 is 5.32 Å². The van der Waals surface area contributed by atoms with Gasteiger partial charge in [-0.25, -0.2) is 0 Å². The van der Waals surface area contributed by atoms with E-state index in [1.54, 1.807) is 0 Å². The molecule has 0 spiro atoms. The Morgan fingerprint density at radius 2 is 2.15 bits per heavy atom. The zero-order valence-electron chi connectivity index (χ0n) is 12.9. The Balaban J connectivity index is 1.76. The minimum atomic E-state index is 0.342. The van der Waals surface area contributed by atoms with Crippen LogP contribution in [0.5, 0.6) is 0 Å². The maximum Gasteiger partial charge on any atom is 0.0762 e. The third kappa shape index (κ3) is 4.06. The summed E-state index contributed by atoms with van der Waals surface area (Å²) in [5, 5.41) is 17.6. The second-order valence-electron chi connectivity index (χ2n) is 6.16. The fraction of sp³-hybridized carbons (Fsp3) is 0.812. The van der Waals surface area contributed by atoms with E-state index in [0.29, 0.717) is 24.5 Å². The lowest BCUT2D eigenvalue weighted by Gasteiger charge is -2.30. The molecule has 1 fully saturated rings. The Labute approximate surface area is 122 Å². The first kappa shape index (κ1) is 15.5. The molecule has 20 heavy (non-hydrogen) atoms. The van der Waals surface area contributed by atoms with Crippen molar-refractivity contribution < 1.29 is 5.11 Å². The lowest BCUT2D eigenvalue weighted by Crippen LogP contribution is -2.32. The molecule has 1 aromatic heterocycles. The van der Waals surface area contributed by atoms with Gasteiger partial charge in [0.05, 0.1) is 5.69 Å². The third-order valence-corrected chi connectivity index (χ3v) is 4.72. The second kappa shape index (κ2) is 7.79. The van der Waals surface area contributed by atoms with E-state index in [2.05, 4.69) is 36.5 Å². The summed E-state index contributed by atoms with van der Waals surface area (Å²) in [6.45, 7) is 6.55. The molecule has 1 saturated carbocycles. The molecule has 1 aliphatic rings. The predicted octanol–water partition coefficient (Wildman–Crippen LogP) is 2.74. The topological polar surface area (TPSA) is 50.1 Å². The van der Waals surface area contributed by atoms with Gasteiger partial charge >= 0.3 is 0 Å². The number of aliphatic hydroxyl groups excluding tert-OH is 1. The molecule has 1 heterocycles. The lowest BCUT2D eigenvalue weighted by atomic mass is 9.79. The summed E-state index contributed by atoms with van der Waals surface area (Å²) in [6.07, 6.45) is 8.20. The number of rotatable bonds is 7. The first-order valence-electron chi connectivity index (χ1n) is 8.10. The van der Waals surface area contributed by atoms with Crippen LogP contribution in [0.25, 0.3) is 0 Å². The predicted molar refractivity (Wildman–Crippen MR) is 81.5 cm³/mol. The van der Waals surface area contributed by atoms with E-state index in [0.717, 1.165) is 25.2 Å². The van der Waals surface area contributed by atoms with Crippen LogP contribution in [0.15, 0.2) is 12.3 Å². The smallest absolute Gasteiger partial charge is 0.0762 e. The molecule has 3 atom stereocenters. The number of nitrogens with one attached hydrogen (secondary N) is 1. The molecule has 2 N–H and O–H groups in total. The van der Waals surface area contributed by atoms with E-state index in [-0.39, 0.29) is 0 Å². The second-order valence-corrected chi connectivity index (χ2v) is 6.16. The first-order chi connectivity index (χ1) is 9.74. The van der Waals surface area contributed by atoms with Crippen LogP contribution in [-0.2, 0) is 6.54 Å². The summed E-state index contributed by atoms with van der Waals surface area (Å²) >= 11 is 0. The van der Waals surface area contributed by atoms with Crippen LogP contribution in [-0.4, -0.2) is 28.0 Å². The van der Waals surface area contributed by atoms with Gasteiger partial charge in [-0.3, -0.25) is 4.68 Å². The molecule has 3 unspecified atom stereocenters. The molecule has 4 heteroatoms. The van der Waals surface area contributed by atoms with Gasteiger partial charge in [-0.1, -0.05) is 19.8 Å². The van der Waals surface area contributed by atoms with Gasteiger partial charge in [0, 0.05) is 25.4 Å². The minimum Gasteiger partial charge on any atom is -0.396 e. The minimum absolute atomic E-state index is 0.342. The van der Waals surface area contributed by atoms with Crippen molar-refractivity contribution in [1.82, 2.24) is 15.1 Å². The summed E-state index contributed by atoms with van der Waals surface area (Å²) in [5.74, 6) is 1.12. The first-order valence-corrected chi connectivity index (χ1v) is 8.10. The fourth-order valence-electron chi connectivity index (χ4n) is 3.08. The van der Waals surface area contributed by atoms with Crippen LogP contribution in [0, 0.1) is 11.8 Å². The summed E-state index contributed by atoms with van der Waals surface area (Å²) in [4.78, 5) is 0. The van der Waals surface area contributed by atoms with Crippen LogP contribution in [0.1, 0.15) is 57.7 Å². The molecular weight excluding hydrogens is 250 g/mol. The van der Waals surface area contributed by atoms with Crippen molar-refractivity contribution in [2.24, 2.45) is 11.8 Å². The van der Waals surface area contributed by atoms with Gasteiger partial charge < -0.3 is 10.4 Å². The van der Waals surface area contributed by atoms with Crippen molar-refractivity contribution >= 4 is 0 Å². The zero-order chi connectivity index (χ0) is 14.4. The van der Waals surface area contributed by atoms with Gasteiger partial charge in [0.15, 0.2) is 0 Å². The molecule has 0 amide bonds. The Bertz CT molecular complexity index is 391. The van der Waals surface area contributed by atoms with Crippen LogP contribution in [0.4, 0.5) is 0 Å². The standard InChI is InChI=1S/C16H29N3O/c1-3-13(2)19-9-8-16(18-19)11-17-10-14-6-4-5-7-15(14)12-20/h8-9,13-15,17,20H,3-7,10-12H2,1-2H3. The monoisotopic (exact) mass is 279 g/mol. The maximum absolute atomic E-state index is 9.43. The summed E-state index contributed by atoms with van der Waals surface area (Å²) in [5.41, 5.74) is 1.11. The van der Waals surface area contributed by atoms with E-state index in [1.165, 1.54) is 25.7 Å². The highest BCUT2D eigenvalue weighted by Crippen LogP contribution is 2.29. The van der Waals surface area contributed by atoms with Crippen LogP contribution in [0.2, 0.25) is 0 Å². The summed E-state index contributed by atoms with van der Waals surface area (Å²) in [6, 6.07) is 2.57. The van der Waals surface area contributed by atoms with Gasteiger partial charge in [0.1, 0.15) is 0 Å². The Hall–Kier alpha value is -0.870. The van der Waals surface area contributed by atoms with E-state index in [9.17, 15) is 5.11 Å². The quantitative estimate of drug-likeness (QED) is 0.807. The number of aliphatic hydroxyl groups is 1. The molecular formula is C16H29N3O. The van der Waals surface area contributed by atoms with Crippen molar-refractivity contribution in [2.45, 2.75) is 58.5 Å². The molecule has 114 valence electrons. The molecule has 0 aliphatic heterocycles. The SMILES string of the molecule is CCC(C)n1ccc(CNCC2CCCCC2CO)n1. The molecule has 0 bridgehead atoms. The molecule has 0 radical (unpaired) electrons. The van der Waals surface area contributed by atoms with Gasteiger partial charge in [-0.15, -0.1) is 0 Å². The molecule has 1 aliphatic carbocycles. The van der Waals surface area contributed by atoms with E-state index in [1.807, 2.05) is 4.68 Å². The molecule has 4 nitrogen and oxygen atoms in total. The zero-order valence-corrected chi connectivity index (χ0v) is 12.9. The van der Waals surface area contributed by atoms with Crippen molar-refractivity contribution in [3.05, 3.63) is 18.0 Å². The largest absolute Gasteiger partial charge is 0.396 e. The van der Waals surface area contributed by atoms with Crippen molar-refractivity contribution in [1.29, 1.82) is 0 Å². The van der Waals surface area contributed by atoms with Crippen LogP contribution in [0.3, 0.4) is 0 Å². The molecule has 0 aromatic carbocycles. The average Bonchev–Trinajstić information content (AvgIpc) is 2.96. The fourth-order valence-corrected chi connectivity index (χ4v) is 3.08. The summed E-state index contributed by atoms with van der Waals surface area (Å²) in [7, 11) is 0. The normalized spacial score (nSPS) is 24.8. The molecule has 0 saturated heterocycles. The van der Waals surface area contributed by atoms with Gasteiger partial charge in [-0.05, 0) is 50.6 Å². The van der Waals surface area contributed by atoms with E-state index >= 15 is 0 Å². The number of aromatic nitrogens is 2. The molecule has 1 aromatic rings. The number of hydrogen-bond donors (Lipinski definition) is 2. The van der Waals surface area contributed by atoms with Crippen molar-refractivity contribution in [3.63, 3.8) is 0 Å². The highest BCUT2D eigenvalue weighted by atomic mass is 16.3. The van der Waals surface area contributed by atoms with Gasteiger partial charge in [0.2, 0.25) is 0 Å². The number of nitrogens with zero attached hydrogens (tertiary/aromatic N) is 2. The third-order valence-electron chi connectivity index (χ3n) is 4.72. The Morgan fingerprint density at radius 3 is 2.85 bits per heavy atom. The van der Waals surface area contributed by atoms with Crippen LogP contribution >= 0.6 is 0 Å². The summed E-state index contributed by atoms with van der Waals surface area (Å²) < 4.78 is 2.05. The number of hydrogen-bond acceptors (Lipinski definition) is 3. The van der Waals surface area contributed by atoms with E-state index < -0.39 is 0 Å². The average molecular weight is 279 g/mol. The van der Waals surface area contributed by atoms with E-state index in [4.69, 9.17) is 0 Å². The van der Waals surface area contributed by atoms with Crippen molar-refractivity contribution in [2.75, 3.05) is 13.2 Å². The Morgan fingerprint density at radius 1 is 1.40 bits per heavy atom. The highest BCUT2D eigenvalue weighted by molar-refractivity contribution is 4.99. The van der Waals surface area contributed by atoms with Crippen molar-refractivity contribution in [3.8, 4) is 0 Å². The maximum atomic E-state index is 9.43. The van der Waals surface area contributed by atoms with Gasteiger partial charge in [-0.2, -0.15) is 5.10 Å². The highest BCUT2D eigenvalue weighted by Gasteiger charge is 2.23.